The third kappa shape index (κ3) is 1.64. The maximum atomic E-state index is 11.8. The molecule has 0 aromatic heterocycles. The van der Waals surface area contributed by atoms with Crippen molar-refractivity contribution in [1.82, 2.24) is 0 Å². The van der Waals surface area contributed by atoms with Gasteiger partial charge in [-0.25, -0.2) is 0 Å². The number of allylic oxidation sites excluding steroid dienone is 2. The molecule has 1 spiro atoms. The standard InChI is InChI=1S/C15H14ClNO/c16-7-3-4-11-8-12(18)9-15(11)10-17-14-6-2-1-5-13(14)15/h1-2,5-6,8,10H,3-4,7,9H2. The van der Waals surface area contributed by atoms with E-state index in [9.17, 15) is 4.79 Å². The van der Waals surface area contributed by atoms with E-state index in [1.165, 1.54) is 5.57 Å². The van der Waals surface area contributed by atoms with Gasteiger partial charge in [-0.05, 0) is 30.5 Å². The van der Waals surface area contributed by atoms with E-state index in [2.05, 4.69) is 11.1 Å². The van der Waals surface area contributed by atoms with Gasteiger partial charge >= 0.3 is 0 Å². The van der Waals surface area contributed by atoms with Crippen molar-refractivity contribution in [2.75, 3.05) is 5.88 Å². The number of hydrogen-bond donors (Lipinski definition) is 0. The molecule has 0 fully saturated rings. The summed E-state index contributed by atoms with van der Waals surface area (Å²) in [4.78, 5) is 16.3. The number of carbonyl (C=O) groups is 1. The van der Waals surface area contributed by atoms with E-state index in [0.717, 1.165) is 24.1 Å². The van der Waals surface area contributed by atoms with Crippen LogP contribution in [0.2, 0.25) is 0 Å². The van der Waals surface area contributed by atoms with E-state index < -0.39 is 0 Å². The van der Waals surface area contributed by atoms with Gasteiger partial charge in [0.25, 0.3) is 0 Å². The molecule has 0 radical (unpaired) electrons. The fourth-order valence-corrected chi connectivity index (χ4v) is 3.06. The van der Waals surface area contributed by atoms with Crippen molar-refractivity contribution in [3.05, 3.63) is 41.5 Å². The average molecular weight is 260 g/mol. The van der Waals surface area contributed by atoms with Gasteiger partial charge in [-0.2, -0.15) is 0 Å². The Labute approximate surface area is 111 Å². The third-order valence-electron chi connectivity index (χ3n) is 3.75. The Kier molecular flexibility index (Phi) is 2.83. The highest BCUT2D eigenvalue weighted by Gasteiger charge is 2.44. The Morgan fingerprint density at radius 1 is 1.33 bits per heavy atom. The van der Waals surface area contributed by atoms with E-state index in [4.69, 9.17) is 11.6 Å². The summed E-state index contributed by atoms with van der Waals surface area (Å²) in [5, 5.41) is 0. The molecular weight excluding hydrogens is 246 g/mol. The number of rotatable bonds is 3. The molecule has 18 heavy (non-hydrogen) atoms. The number of carbonyl (C=O) groups excluding carboxylic acids is 1. The third-order valence-corrected chi connectivity index (χ3v) is 4.02. The smallest absolute Gasteiger partial charge is 0.157 e. The van der Waals surface area contributed by atoms with E-state index >= 15 is 0 Å². The largest absolute Gasteiger partial charge is 0.295 e. The molecule has 3 heteroatoms. The molecule has 0 saturated heterocycles. The summed E-state index contributed by atoms with van der Waals surface area (Å²) in [5.41, 5.74) is 3.04. The Morgan fingerprint density at radius 3 is 3.00 bits per heavy atom. The molecule has 3 rings (SSSR count). The van der Waals surface area contributed by atoms with Crippen LogP contribution in [0.4, 0.5) is 5.69 Å². The second-order valence-corrected chi connectivity index (χ2v) is 5.23. The molecule has 0 amide bonds. The van der Waals surface area contributed by atoms with Crippen molar-refractivity contribution in [3.8, 4) is 0 Å². The zero-order valence-electron chi connectivity index (χ0n) is 10.0. The minimum atomic E-state index is -0.278. The second-order valence-electron chi connectivity index (χ2n) is 4.85. The molecule has 2 nitrogen and oxygen atoms in total. The first-order chi connectivity index (χ1) is 8.76. The van der Waals surface area contributed by atoms with Crippen molar-refractivity contribution >= 4 is 29.3 Å². The lowest BCUT2D eigenvalue weighted by molar-refractivity contribution is -0.114. The van der Waals surface area contributed by atoms with Gasteiger partial charge in [0.1, 0.15) is 0 Å². The molecule has 1 aromatic carbocycles. The molecule has 1 heterocycles. The topological polar surface area (TPSA) is 29.4 Å². The molecule has 92 valence electrons. The summed E-state index contributed by atoms with van der Waals surface area (Å²) in [6, 6.07) is 8.07. The number of nitrogens with zero attached hydrogens (tertiary/aromatic N) is 1. The Balaban J connectivity index is 2.04. The van der Waals surface area contributed by atoms with Crippen LogP contribution in [-0.2, 0) is 10.2 Å². The van der Waals surface area contributed by atoms with E-state index in [1.54, 1.807) is 6.08 Å². The van der Waals surface area contributed by atoms with Crippen LogP contribution in [-0.4, -0.2) is 17.9 Å². The van der Waals surface area contributed by atoms with Crippen LogP contribution in [0.1, 0.15) is 24.8 Å². The summed E-state index contributed by atoms with van der Waals surface area (Å²) in [5.74, 6) is 0.822. The minimum absolute atomic E-state index is 0.197. The zero-order chi connectivity index (χ0) is 12.6. The maximum Gasteiger partial charge on any atom is 0.157 e. The molecule has 0 bridgehead atoms. The van der Waals surface area contributed by atoms with E-state index in [1.807, 2.05) is 24.4 Å². The van der Waals surface area contributed by atoms with Crippen LogP contribution in [0.15, 0.2) is 40.9 Å². The average Bonchev–Trinajstić information content (AvgIpc) is 2.90. The molecule has 1 atom stereocenters. The van der Waals surface area contributed by atoms with Crippen molar-refractivity contribution in [1.29, 1.82) is 0 Å². The normalized spacial score (nSPS) is 24.7. The minimum Gasteiger partial charge on any atom is -0.295 e. The second kappa shape index (κ2) is 4.36. The van der Waals surface area contributed by atoms with Gasteiger partial charge in [-0.3, -0.25) is 9.79 Å². The number of alkyl halides is 1. The number of aliphatic imine (C=N–C) groups is 1. The van der Waals surface area contributed by atoms with Crippen LogP contribution in [0, 0.1) is 0 Å². The first-order valence-electron chi connectivity index (χ1n) is 6.21. The number of fused-ring (bicyclic) bond motifs is 2. The highest BCUT2D eigenvalue weighted by molar-refractivity contribution is 6.17. The summed E-state index contributed by atoms with van der Waals surface area (Å²) in [6.45, 7) is 0. The summed E-state index contributed by atoms with van der Waals surface area (Å²) in [6.07, 6.45) is 6.03. The highest BCUT2D eigenvalue weighted by atomic mass is 35.5. The van der Waals surface area contributed by atoms with Gasteiger partial charge in [0.05, 0.1) is 11.1 Å². The van der Waals surface area contributed by atoms with Crippen molar-refractivity contribution in [2.45, 2.75) is 24.7 Å². The van der Waals surface area contributed by atoms with Gasteiger partial charge in [0.15, 0.2) is 5.78 Å². The number of benzene rings is 1. The van der Waals surface area contributed by atoms with Crippen molar-refractivity contribution < 1.29 is 4.79 Å². The predicted octanol–water partition coefficient (Wildman–Crippen LogP) is 3.56. The van der Waals surface area contributed by atoms with Gasteiger partial charge < -0.3 is 0 Å². The fourth-order valence-electron chi connectivity index (χ4n) is 2.92. The highest BCUT2D eigenvalue weighted by Crippen LogP contribution is 2.48. The monoisotopic (exact) mass is 259 g/mol. The molecular formula is C15H14ClNO. The van der Waals surface area contributed by atoms with Gasteiger partial charge in [-0.1, -0.05) is 23.8 Å². The molecule has 1 unspecified atom stereocenters. The lowest BCUT2D eigenvalue weighted by Gasteiger charge is -2.25. The van der Waals surface area contributed by atoms with Gasteiger partial charge in [0, 0.05) is 18.5 Å². The van der Waals surface area contributed by atoms with Crippen molar-refractivity contribution in [2.24, 2.45) is 4.99 Å². The summed E-state index contributed by atoms with van der Waals surface area (Å²) < 4.78 is 0. The first kappa shape index (κ1) is 11.7. The number of para-hydroxylation sites is 1. The SMILES string of the molecule is O=C1C=C(CCCCl)C2(C=Nc3ccccc32)C1. The number of ketones is 1. The van der Waals surface area contributed by atoms with Crippen molar-refractivity contribution in [3.63, 3.8) is 0 Å². The maximum absolute atomic E-state index is 11.8. The van der Waals surface area contributed by atoms with Crippen LogP contribution in [0.3, 0.4) is 0 Å². The molecule has 1 aliphatic heterocycles. The van der Waals surface area contributed by atoms with Crippen LogP contribution < -0.4 is 0 Å². The van der Waals surface area contributed by atoms with E-state index in [0.29, 0.717) is 12.3 Å². The quantitative estimate of drug-likeness (QED) is 0.763. The van der Waals surface area contributed by atoms with Crippen LogP contribution in [0.5, 0.6) is 0 Å². The number of hydrogen-bond acceptors (Lipinski definition) is 2. The molecule has 0 saturated carbocycles. The molecule has 0 N–H and O–H groups in total. The Bertz CT molecular complexity index is 561. The molecule has 1 aliphatic carbocycles. The fraction of sp³-hybridized carbons (Fsp3) is 0.333. The Hall–Kier alpha value is -1.41. The zero-order valence-corrected chi connectivity index (χ0v) is 10.8. The van der Waals surface area contributed by atoms with Gasteiger partial charge in [0.2, 0.25) is 0 Å². The molecule has 2 aliphatic rings. The van der Waals surface area contributed by atoms with Gasteiger partial charge in [-0.15, -0.1) is 11.6 Å². The van der Waals surface area contributed by atoms with E-state index in [-0.39, 0.29) is 11.2 Å². The summed E-state index contributed by atoms with van der Waals surface area (Å²) in [7, 11) is 0. The lowest BCUT2D eigenvalue weighted by Crippen LogP contribution is -2.26. The number of halogens is 1. The first-order valence-corrected chi connectivity index (χ1v) is 6.74. The van der Waals surface area contributed by atoms with Crippen LogP contribution in [0.25, 0.3) is 0 Å². The lowest BCUT2D eigenvalue weighted by atomic mass is 9.75. The predicted molar refractivity (Wildman–Crippen MR) is 73.9 cm³/mol. The summed E-state index contributed by atoms with van der Waals surface area (Å²) >= 11 is 5.77. The van der Waals surface area contributed by atoms with Crippen LogP contribution >= 0.6 is 11.6 Å². The Morgan fingerprint density at radius 2 is 2.17 bits per heavy atom. The molecule has 1 aromatic rings.